The summed E-state index contributed by atoms with van der Waals surface area (Å²) in [4.78, 5) is 15.9. The first-order chi connectivity index (χ1) is 8.22. The Morgan fingerprint density at radius 2 is 1.47 bits per heavy atom. The van der Waals surface area contributed by atoms with Gasteiger partial charge < -0.3 is 9.80 Å². The number of benzene rings is 1. The first-order valence-electron chi connectivity index (χ1n) is 6.30. The molecule has 0 saturated heterocycles. The van der Waals surface area contributed by atoms with Crippen LogP contribution in [-0.2, 0) is 6.54 Å². The summed E-state index contributed by atoms with van der Waals surface area (Å²) in [5.74, 6) is 0. The van der Waals surface area contributed by atoms with Gasteiger partial charge in [-0.05, 0) is 26.3 Å². The second-order valence-corrected chi connectivity index (χ2v) is 3.95. The van der Waals surface area contributed by atoms with E-state index in [0.717, 1.165) is 19.6 Å². The molecular formula is C14H22N2O. The molecule has 0 saturated carbocycles. The number of nitrogens with zero attached hydrogens (tertiary/aromatic N) is 2. The molecule has 0 unspecified atom stereocenters. The number of hydrogen-bond acceptors (Lipinski definition) is 1. The number of hydrogen-bond donors (Lipinski definition) is 0. The molecule has 3 heteroatoms. The van der Waals surface area contributed by atoms with Gasteiger partial charge in [0.2, 0.25) is 0 Å². The van der Waals surface area contributed by atoms with Gasteiger partial charge in [-0.1, -0.05) is 30.3 Å². The summed E-state index contributed by atoms with van der Waals surface area (Å²) < 4.78 is 0. The zero-order chi connectivity index (χ0) is 12.7. The van der Waals surface area contributed by atoms with E-state index < -0.39 is 0 Å². The van der Waals surface area contributed by atoms with Crippen LogP contribution in [0.1, 0.15) is 26.3 Å². The second kappa shape index (κ2) is 6.94. The van der Waals surface area contributed by atoms with Crippen LogP contribution in [0.4, 0.5) is 4.79 Å². The highest BCUT2D eigenvalue weighted by Gasteiger charge is 2.16. The maximum Gasteiger partial charge on any atom is 0.320 e. The Hall–Kier alpha value is -1.51. The average Bonchev–Trinajstić information content (AvgIpc) is 2.38. The van der Waals surface area contributed by atoms with Crippen LogP contribution in [0.25, 0.3) is 0 Å². The lowest BCUT2D eigenvalue weighted by atomic mass is 10.2. The SMILES string of the molecule is CCN(CC)C(=O)N(CC)Cc1ccccc1. The molecule has 0 aliphatic carbocycles. The van der Waals surface area contributed by atoms with Gasteiger partial charge >= 0.3 is 6.03 Å². The Labute approximate surface area is 104 Å². The fraction of sp³-hybridized carbons (Fsp3) is 0.500. The zero-order valence-corrected chi connectivity index (χ0v) is 11.0. The summed E-state index contributed by atoms with van der Waals surface area (Å²) in [7, 11) is 0. The van der Waals surface area contributed by atoms with Crippen LogP contribution in [-0.4, -0.2) is 35.5 Å². The predicted molar refractivity (Wildman–Crippen MR) is 70.8 cm³/mol. The first kappa shape index (κ1) is 13.6. The maximum absolute atomic E-state index is 12.2. The molecule has 0 aliphatic rings. The number of rotatable bonds is 5. The lowest BCUT2D eigenvalue weighted by Crippen LogP contribution is -2.42. The number of carbonyl (C=O) groups excluding carboxylic acids is 1. The molecule has 0 radical (unpaired) electrons. The molecule has 1 aromatic carbocycles. The van der Waals surface area contributed by atoms with E-state index in [2.05, 4.69) is 12.1 Å². The lowest BCUT2D eigenvalue weighted by molar-refractivity contribution is 0.157. The topological polar surface area (TPSA) is 23.6 Å². The maximum atomic E-state index is 12.2. The van der Waals surface area contributed by atoms with E-state index in [1.165, 1.54) is 5.56 Å². The zero-order valence-electron chi connectivity index (χ0n) is 11.0. The quantitative estimate of drug-likeness (QED) is 0.768. The van der Waals surface area contributed by atoms with E-state index >= 15 is 0 Å². The highest BCUT2D eigenvalue weighted by atomic mass is 16.2. The van der Waals surface area contributed by atoms with Crippen molar-refractivity contribution in [3.63, 3.8) is 0 Å². The Balaban J connectivity index is 2.68. The van der Waals surface area contributed by atoms with Crippen molar-refractivity contribution < 1.29 is 4.79 Å². The monoisotopic (exact) mass is 234 g/mol. The molecule has 0 aromatic heterocycles. The third-order valence-electron chi connectivity index (χ3n) is 2.90. The number of amides is 2. The largest absolute Gasteiger partial charge is 0.325 e. The second-order valence-electron chi connectivity index (χ2n) is 3.95. The summed E-state index contributed by atoms with van der Waals surface area (Å²) in [6, 6.07) is 10.2. The van der Waals surface area contributed by atoms with Crippen molar-refractivity contribution in [2.45, 2.75) is 27.3 Å². The van der Waals surface area contributed by atoms with Crippen LogP contribution >= 0.6 is 0 Å². The van der Waals surface area contributed by atoms with Crippen molar-refractivity contribution in [3.05, 3.63) is 35.9 Å². The molecule has 94 valence electrons. The molecule has 0 fully saturated rings. The van der Waals surface area contributed by atoms with Crippen LogP contribution in [0.3, 0.4) is 0 Å². The van der Waals surface area contributed by atoms with E-state index in [-0.39, 0.29) is 6.03 Å². The van der Waals surface area contributed by atoms with Gasteiger partial charge in [0.1, 0.15) is 0 Å². The Morgan fingerprint density at radius 3 is 1.94 bits per heavy atom. The van der Waals surface area contributed by atoms with Gasteiger partial charge in [0.25, 0.3) is 0 Å². The van der Waals surface area contributed by atoms with Crippen LogP contribution in [0, 0.1) is 0 Å². The van der Waals surface area contributed by atoms with E-state index in [1.807, 2.05) is 48.8 Å². The van der Waals surface area contributed by atoms with Crippen molar-refractivity contribution >= 4 is 6.03 Å². The lowest BCUT2D eigenvalue weighted by Gasteiger charge is -2.28. The Kier molecular flexibility index (Phi) is 5.53. The highest BCUT2D eigenvalue weighted by Crippen LogP contribution is 2.07. The Morgan fingerprint density at radius 1 is 0.941 bits per heavy atom. The molecule has 0 bridgehead atoms. The molecule has 3 nitrogen and oxygen atoms in total. The molecule has 2 amide bonds. The van der Waals surface area contributed by atoms with Gasteiger partial charge in [0, 0.05) is 26.2 Å². The molecule has 1 rings (SSSR count). The van der Waals surface area contributed by atoms with Gasteiger partial charge in [-0.15, -0.1) is 0 Å². The molecule has 17 heavy (non-hydrogen) atoms. The van der Waals surface area contributed by atoms with E-state index in [1.54, 1.807) is 0 Å². The number of urea groups is 1. The predicted octanol–water partition coefficient (Wildman–Crippen LogP) is 2.97. The van der Waals surface area contributed by atoms with Crippen molar-refractivity contribution in [1.29, 1.82) is 0 Å². The minimum atomic E-state index is 0.126. The van der Waals surface area contributed by atoms with Crippen molar-refractivity contribution in [1.82, 2.24) is 9.80 Å². The minimum Gasteiger partial charge on any atom is -0.325 e. The van der Waals surface area contributed by atoms with E-state index in [0.29, 0.717) is 6.54 Å². The minimum absolute atomic E-state index is 0.126. The van der Waals surface area contributed by atoms with Crippen LogP contribution in [0.2, 0.25) is 0 Å². The van der Waals surface area contributed by atoms with Gasteiger partial charge in [0.05, 0.1) is 0 Å². The Bertz CT molecular complexity index is 333. The van der Waals surface area contributed by atoms with E-state index in [9.17, 15) is 4.79 Å². The first-order valence-corrected chi connectivity index (χ1v) is 6.30. The smallest absolute Gasteiger partial charge is 0.320 e. The van der Waals surface area contributed by atoms with Crippen molar-refractivity contribution in [3.8, 4) is 0 Å². The van der Waals surface area contributed by atoms with Crippen LogP contribution < -0.4 is 0 Å². The summed E-state index contributed by atoms with van der Waals surface area (Å²) >= 11 is 0. The molecular weight excluding hydrogens is 212 g/mol. The van der Waals surface area contributed by atoms with E-state index in [4.69, 9.17) is 0 Å². The summed E-state index contributed by atoms with van der Waals surface area (Å²) in [5, 5.41) is 0. The molecule has 0 spiro atoms. The highest BCUT2D eigenvalue weighted by molar-refractivity contribution is 5.74. The fourth-order valence-electron chi connectivity index (χ4n) is 1.81. The fourth-order valence-corrected chi connectivity index (χ4v) is 1.81. The van der Waals surface area contributed by atoms with Gasteiger partial charge in [0.15, 0.2) is 0 Å². The standard InChI is InChI=1S/C14H22N2O/c1-4-15(5-2)14(17)16(6-3)12-13-10-8-7-9-11-13/h7-11H,4-6,12H2,1-3H3. The van der Waals surface area contributed by atoms with Crippen molar-refractivity contribution in [2.75, 3.05) is 19.6 Å². The van der Waals surface area contributed by atoms with Crippen molar-refractivity contribution in [2.24, 2.45) is 0 Å². The molecule has 0 heterocycles. The average molecular weight is 234 g/mol. The summed E-state index contributed by atoms with van der Waals surface area (Å²) in [6.45, 7) is 9.00. The normalized spacial score (nSPS) is 10.1. The van der Waals surface area contributed by atoms with Crippen LogP contribution in [0.5, 0.6) is 0 Å². The van der Waals surface area contributed by atoms with Crippen LogP contribution in [0.15, 0.2) is 30.3 Å². The summed E-state index contributed by atoms with van der Waals surface area (Å²) in [6.07, 6.45) is 0. The molecule has 0 atom stereocenters. The van der Waals surface area contributed by atoms with Gasteiger partial charge in [-0.2, -0.15) is 0 Å². The van der Waals surface area contributed by atoms with Gasteiger partial charge in [-0.3, -0.25) is 0 Å². The number of carbonyl (C=O) groups is 1. The molecule has 0 N–H and O–H groups in total. The van der Waals surface area contributed by atoms with Gasteiger partial charge in [-0.25, -0.2) is 4.79 Å². The molecule has 1 aromatic rings. The third-order valence-corrected chi connectivity index (χ3v) is 2.90. The summed E-state index contributed by atoms with van der Waals surface area (Å²) in [5.41, 5.74) is 1.18. The molecule has 0 aliphatic heterocycles. The third kappa shape index (κ3) is 3.77.